The average Bonchev–Trinajstić information content (AvgIpc) is 2.36. The van der Waals surface area contributed by atoms with Crippen molar-refractivity contribution in [3.8, 4) is 0 Å². The van der Waals surface area contributed by atoms with E-state index in [4.69, 9.17) is 0 Å². The summed E-state index contributed by atoms with van der Waals surface area (Å²) >= 11 is 0. The van der Waals surface area contributed by atoms with Crippen LogP contribution in [0, 0.1) is 12.3 Å². The monoisotopic (exact) mass is 274 g/mol. The number of hydrogen-bond acceptors (Lipinski definition) is 2. The summed E-state index contributed by atoms with van der Waals surface area (Å²) in [6, 6.07) is 10.1. The Morgan fingerprint density at radius 2 is 2.05 bits per heavy atom. The zero-order valence-corrected chi connectivity index (χ0v) is 13.7. The third-order valence-electron chi connectivity index (χ3n) is 4.52. The highest BCUT2D eigenvalue weighted by Crippen LogP contribution is 2.23. The Hall–Kier alpha value is -0.860. The van der Waals surface area contributed by atoms with Crippen LogP contribution < -0.4 is 5.32 Å². The van der Waals surface area contributed by atoms with Crippen molar-refractivity contribution >= 4 is 0 Å². The van der Waals surface area contributed by atoms with Crippen molar-refractivity contribution in [1.29, 1.82) is 0 Å². The lowest BCUT2D eigenvalue weighted by molar-refractivity contribution is 0.0948. The van der Waals surface area contributed by atoms with E-state index < -0.39 is 0 Å². The van der Waals surface area contributed by atoms with Crippen LogP contribution in [-0.4, -0.2) is 36.6 Å². The molecular weight excluding hydrogens is 244 g/mol. The van der Waals surface area contributed by atoms with Crippen LogP contribution in [0.3, 0.4) is 0 Å². The Morgan fingerprint density at radius 1 is 1.30 bits per heavy atom. The maximum Gasteiger partial charge on any atom is 0.0244 e. The predicted molar refractivity (Wildman–Crippen MR) is 87.2 cm³/mol. The molecule has 0 amide bonds. The van der Waals surface area contributed by atoms with E-state index in [2.05, 4.69) is 69.1 Å². The van der Waals surface area contributed by atoms with E-state index >= 15 is 0 Å². The summed E-state index contributed by atoms with van der Waals surface area (Å²) in [5.74, 6) is 0. The highest BCUT2D eigenvalue weighted by atomic mass is 15.2. The summed E-state index contributed by atoms with van der Waals surface area (Å²) in [6.07, 6.45) is 1.16. The normalized spacial score (nSPS) is 24.9. The standard InChI is InChI=1S/C18H30N2/c1-14-7-6-8-16(11-14)9-10-20-13-17(18(3,4)5)19-12-15(20)2/h6-8,11,15,17,19H,9-10,12-13H2,1-5H3. The molecule has 1 aliphatic heterocycles. The molecule has 0 saturated carbocycles. The van der Waals surface area contributed by atoms with Crippen LogP contribution in [0.15, 0.2) is 24.3 Å². The molecular formula is C18H30N2. The van der Waals surface area contributed by atoms with Gasteiger partial charge in [-0.3, -0.25) is 4.90 Å². The summed E-state index contributed by atoms with van der Waals surface area (Å²) in [4.78, 5) is 2.65. The van der Waals surface area contributed by atoms with Crippen molar-refractivity contribution in [2.24, 2.45) is 5.41 Å². The van der Waals surface area contributed by atoms with E-state index in [1.54, 1.807) is 0 Å². The Kier molecular flexibility index (Phi) is 4.87. The fourth-order valence-electron chi connectivity index (χ4n) is 2.95. The van der Waals surface area contributed by atoms with E-state index in [0.717, 1.165) is 19.5 Å². The van der Waals surface area contributed by atoms with Gasteiger partial charge in [0.1, 0.15) is 0 Å². The molecule has 2 unspecified atom stereocenters. The largest absolute Gasteiger partial charge is 0.311 e. The van der Waals surface area contributed by atoms with Crippen LogP contribution >= 0.6 is 0 Å². The van der Waals surface area contributed by atoms with Crippen molar-refractivity contribution in [3.63, 3.8) is 0 Å². The van der Waals surface area contributed by atoms with Gasteiger partial charge in [-0.15, -0.1) is 0 Å². The lowest BCUT2D eigenvalue weighted by Crippen LogP contribution is -2.59. The molecule has 1 aromatic rings. The number of piperazine rings is 1. The van der Waals surface area contributed by atoms with Gasteiger partial charge in [0.2, 0.25) is 0 Å². The lowest BCUT2D eigenvalue weighted by Gasteiger charge is -2.44. The predicted octanol–water partition coefficient (Wildman–Crippen LogP) is 3.25. The van der Waals surface area contributed by atoms with Gasteiger partial charge < -0.3 is 5.32 Å². The van der Waals surface area contributed by atoms with Crippen LogP contribution in [0.2, 0.25) is 0 Å². The Balaban J connectivity index is 1.93. The first-order valence-corrected chi connectivity index (χ1v) is 7.89. The van der Waals surface area contributed by atoms with E-state index in [9.17, 15) is 0 Å². The SMILES string of the molecule is Cc1cccc(CCN2CC(C(C)(C)C)NCC2C)c1. The van der Waals surface area contributed by atoms with Gasteiger partial charge in [0.25, 0.3) is 0 Å². The Morgan fingerprint density at radius 3 is 2.70 bits per heavy atom. The van der Waals surface area contributed by atoms with Gasteiger partial charge >= 0.3 is 0 Å². The van der Waals surface area contributed by atoms with E-state index in [1.807, 2.05) is 0 Å². The maximum atomic E-state index is 3.70. The van der Waals surface area contributed by atoms with E-state index in [-0.39, 0.29) is 0 Å². The first-order chi connectivity index (χ1) is 9.36. The number of rotatable bonds is 3. The van der Waals surface area contributed by atoms with E-state index in [0.29, 0.717) is 17.5 Å². The summed E-state index contributed by atoms with van der Waals surface area (Å²) in [7, 11) is 0. The van der Waals surface area contributed by atoms with Crippen LogP contribution in [0.4, 0.5) is 0 Å². The van der Waals surface area contributed by atoms with Crippen molar-refractivity contribution in [1.82, 2.24) is 10.2 Å². The second-order valence-corrected chi connectivity index (χ2v) is 7.41. The van der Waals surface area contributed by atoms with E-state index in [1.165, 1.54) is 17.7 Å². The minimum absolute atomic E-state index is 0.335. The van der Waals surface area contributed by atoms with Gasteiger partial charge in [0, 0.05) is 31.7 Å². The number of nitrogens with zero attached hydrogens (tertiary/aromatic N) is 1. The molecule has 112 valence electrons. The molecule has 0 aliphatic carbocycles. The number of benzene rings is 1. The molecule has 2 rings (SSSR count). The first kappa shape index (κ1) is 15.5. The van der Waals surface area contributed by atoms with Crippen molar-refractivity contribution in [2.75, 3.05) is 19.6 Å². The quantitative estimate of drug-likeness (QED) is 0.910. The first-order valence-electron chi connectivity index (χ1n) is 7.89. The third kappa shape index (κ3) is 4.07. The fourth-order valence-corrected chi connectivity index (χ4v) is 2.95. The van der Waals surface area contributed by atoms with Crippen LogP contribution in [0.5, 0.6) is 0 Å². The third-order valence-corrected chi connectivity index (χ3v) is 4.52. The summed E-state index contributed by atoms with van der Waals surface area (Å²) in [5, 5.41) is 3.70. The molecule has 2 heteroatoms. The number of aryl methyl sites for hydroxylation is 1. The summed E-state index contributed by atoms with van der Waals surface area (Å²) in [5.41, 5.74) is 3.16. The van der Waals surface area contributed by atoms with Crippen LogP contribution in [0.25, 0.3) is 0 Å². The highest BCUT2D eigenvalue weighted by molar-refractivity contribution is 5.22. The van der Waals surface area contributed by atoms with Gasteiger partial charge in [-0.1, -0.05) is 50.6 Å². The zero-order valence-electron chi connectivity index (χ0n) is 13.7. The van der Waals surface area contributed by atoms with Gasteiger partial charge in [-0.05, 0) is 31.2 Å². The molecule has 0 radical (unpaired) electrons. The molecule has 1 fully saturated rings. The molecule has 0 bridgehead atoms. The molecule has 1 aromatic carbocycles. The average molecular weight is 274 g/mol. The maximum absolute atomic E-state index is 3.70. The zero-order chi connectivity index (χ0) is 14.8. The second-order valence-electron chi connectivity index (χ2n) is 7.41. The molecule has 20 heavy (non-hydrogen) atoms. The Labute approximate surface area is 124 Å². The molecule has 2 nitrogen and oxygen atoms in total. The Bertz CT molecular complexity index is 433. The highest BCUT2D eigenvalue weighted by Gasteiger charge is 2.31. The van der Waals surface area contributed by atoms with Crippen LogP contribution in [-0.2, 0) is 6.42 Å². The minimum atomic E-state index is 0.335. The smallest absolute Gasteiger partial charge is 0.0244 e. The molecule has 1 heterocycles. The van der Waals surface area contributed by atoms with Crippen molar-refractivity contribution in [3.05, 3.63) is 35.4 Å². The van der Waals surface area contributed by atoms with Gasteiger partial charge in [-0.2, -0.15) is 0 Å². The van der Waals surface area contributed by atoms with Crippen molar-refractivity contribution < 1.29 is 0 Å². The van der Waals surface area contributed by atoms with Crippen LogP contribution in [0.1, 0.15) is 38.8 Å². The minimum Gasteiger partial charge on any atom is -0.311 e. The molecule has 0 spiro atoms. The molecule has 2 atom stereocenters. The second kappa shape index (κ2) is 6.28. The van der Waals surface area contributed by atoms with Crippen molar-refractivity contribution in [2.45, 2.75) is 53.1 Å². The molecule has 0 aromatic heterocycles. The lowest BCUT2D eigenvalue weighted by atomic mass is 9.84. The summed E-state index contributed by atoms with van der Waals surface area (Å²) in [6.45, 7) is 14.9. The number of nitrogens with one attached hydrogen (secondary N) is 1. The van der Waals surface area contributed by atoms with Gasteiger partial charge in [0.15, 0.2) is 0 Å². The van der Waals surface area contributed by atoms with Gasteiger partial charge in [-0.25, -0.2) is 0 Å². The molecule has 1 N–H and O–H groups in total. The van der Waals surface area contributed by atoms with Gasteiger partial charge in [0.05, 0.1) is 0 Å². The molecule has 1 aliphatic rings. The summed E-state index contributed by atoms with van der Waals surface area (Å²) < 4.78 is 0. The fraction of sp³-hybridized carbons (Fsp3) is 0.667. The topological polar surface area (TPSA) is 15.3 Å². The number of hydrogen-bond donors (Lipinski definition) is 1. The molecule has 1 saturated heterocycles.